The fourth-order valence-corrected chi connectivity index (χ4v) is 6.49. The molecule has 7 rings (SSSR count). The number of aliphatic hydroxyl groups is 1. The van der Waals surface area contributed by atoms with E-state index < -0.39 is 22.7 Å². The molecule has 2 aromatic heterocycles. The molecule has 1 fully saturated rings. The molecule has 4 aromatic carbocycles. The van der Waals surface area contributed by atoms with Gasteiger partial charge in [-0.05, 0) is 55.6 Å². The summed E-state index contributed by atoms with van der Waals surface area (Å²) in [6, 6.07) is 28.4. The Kier molecular flexibility index (Phi) is 14.2. The van der Waals surface area contributed by atoms with E-state index in [0.29, 0.717) is 34.4 Å². The van der Waals surface area contributed by atoms with Gasteiger partial charge >= 0.3 is 22.7 Å². The predicted octanol–water partition coefficient (Wildman–Crippen LogP) is 5.39. The van der Waals surface area contributed by atoms with Crippen LogP contribution in [0.1, 0.15) is 11.1 Å². The number of nitrogens with one attached hydrogen (secondary N) is 5. The molecule has 0 aliphatic carbocycles. The van der Waals surface area contributed by atoms with E-state index in [-0.39, 0.29) is 48.4 Å². The fourth-order valence-electron chi connectivity index (χ4n) is 5.90. The number of anilines is 10. The number of likely N-dealkylation sites (N-methyl/N-ethyl adjacent to an activating group) is 1. The average Bonchev–Trinajstić information content (AvgIpc) is 3.24. The van der Waals surface area contributed by atoms with E-state index in [9.17, 15) is 22.6 Å². The van der Waals surface area contributed by atoms with Gasteiger partial charge in [-0.3, -0.25) is 9.11 Å². The van der Waals surface area contributed by atoms with E-state index in [1.165, 1.54) is 12.1 Å². The molecule has 3 heterocycles. The van der Waals surface area contributed by atoms with E-state index in [1.807, 2.05) is 60.7 Å². The minimum absolute atomic E-state index is 0.00907. The average molecular weight is 868 g/mol. The van der Waals surface area contributed by atoms with Crippen molar-refractivity contribution < 1.29 is 31.0 Å². The van der Waals surface area contributed by atoms with Crippen molar-refractivity contribution in [3.8, 4) is 11.5 Å². The van der Waals surface area contributed by atoms with Crippen LogP contribution in [-0.2, 0) is 22.7 Å². The van der Waals surface area contributed by atoms with Gasteiger partial charge < -0.3 is 49.9 Å². The molecular weight excluding hydrogens is 827 g/mol. The summed E-state index contributed by atoms with van der Waals surface area (Å²) in [5, 5.41) is 24.8. The molecule has 0 amide bonds. The Hall–Kier alpha value is -6.82. The normalized spacial score (nSPS) is 13.9. The molecule has 6 aromatic rings. The second-order valence-corrected chi connectivity index (χ2v) is 14.4. The highest BCUT2D eigenvalue weighted by molar-refractivity contribution is 7.74. The molecule has 0 spiro atoms. The van der Waals surface area contributed by atoms with Crippen LogP contribution in [-0.4, -0.2) is 104 Å². The molecule has 2 atom stereocenters. The highest BCUT2D eigenvalue weighted by Crippen LogP contribution is 2.32. The van der Waals surface area contributed by atoms with Crippen LogP contribution in [0.4, 0.5) is 58.4 Å². The molecule has 316 valence electrons. The van der Waals surface area contributed by atoms with Gasteiger partial charge in [0.1, 0.15) is 0 Å². The maximum Gasteiger partial charge on any atom is 0.357 e. The largest absolute Gasteiger partial charge is 0.395 e. The smallest absolute Gasteiger partial charge is 0.357 e. The Labute approximate surface area is 355 Å². The van der Waals surface area contributed by atoms with Crippen LogP contribution in [0.3, 0.4) is 0 Å². The third-order valence-corrected chi connectivity index (χ3v) is 9.45. The van der Waals surface area contributed by atoms with Gasteiger partial charge in [0.15, 0.2) is 11.5 Å². The number of benzene rings is 4. The maximum absolute atomic E-state index is 11.9. The van der Waals surface area contributed by atoms with Gasteiger partial charge in [0.25, 0.3) is 0 Å². The molecule has 1 aliphatic heterocycles. The van der Waals surface area contributed by atoms with Crippen LogP contribution < -0.4 is 39.9 Å². The van der Waals surface area contributed by atoms with Crippen molar-refractivity contribution in [1.29, 1.82) is 0 Å². The van der Waals surface area contributed by atoms with Crippen molar-refractivity contribution in [3.05, 3.63) is 108 Å². The quantitative estimate of drug-likeness (QED) is 0.0398. The lowest BCUT2D eigenvalue weighted by atomic mass is 10.1. The topological polar surface area (TPSA) is 257 Å². The number of piperazine rings is 1. The Morgan fingerprint density at radius 2 is 1.02 bits per heavy atom. The number of rotatable bonds is 18. The molecule has 20 nitrogen and oxygen atoms in total. The van der Waals surface area contributed by atoms with Gasteiger partial charge in [0.2, 0.25) is 35.7 Å². The predicted molar refractivity (Wildman–Crippen MR) is 236 cm³/mol. The number of aliphatic hydroxyl groups excluding tert-OH is 1. The number of aromatic nitrogens is 6. The van der Waals surface area contributed by atoms with E-state index >= 15 is 0 Å². The summed E-state index contributed by atoms with van der Waals surface area (Å²) < 4.78 is 53.8. The second kappa shape index (κ2) is 20.4. The van der Waals surface area contributed by atoms with Gasteiger partial charge in [-0.2, -0.15) is 38.3 Å². The summed E-state index contributed by atoms with van der Waals surface area (Å²) in [4.78, 5) is 31.4. The molecule has 61 heavy (non-hydrogen) atoms. The zero-order valence-electron chi connectivity index (χ0n) is 32.5. The summed E-state index contributed by atoms with van der Waals surface area (Å²) in [6.07, 6.45) is 3.17. The third kappa shape index (κ3) is 12.4. The Bertz CT molecular complexity index is 2500. The highest BCUT2D eigenvalue weighted by Gasteiger charge is 2.20. The highest BCUT2D eigenvalue weighted by atomic mass is 32.2. The minimum Gasteiger partial charge on any atom is -0.395 e. The van der Waals surface area contributed by atoms with Crippen LogP contribution in [0.2, 0.25) is 0 Å². The van der Waals surface area contributed by atoms with Crippen LogP contribution in [0.5, 0.6) is 11.5 Å². The minimum atomic E-state index is -2.70. The molecule has 2 unspecified atom stereocenters. The van der Waals surface area contributed by atoms with E-state index in [0.717, 1.165) is 37.6 Å². The van der Waals surface area contributed by atoms with Gasteiger partial charge in [-0.1, -0.05) is 48.6 Å². The van der Waals surface area contributed by atoms with Crippen LogP contribution >= 0.6 is 0 Å². The van der Waals surface area contributed by atoms with Crippen LogP contribution in [0, 0.1) is 0 Å². The van der Waals surface area contributed by atoms with Crippen molar-refractivity contribution in [2.75, 3.05) is 77.9 Å². The molecule has 1 saturated heterocycles. The third-order valence-electron chi connectivity index (χ3n) is 8.80. The summed E-state index contributed by atoms with van der Waals surface area (Å²) >= 11 is -5.38. The molecule has 22 heteroatoms. The van der Waals surface area contributed by atoms with E-state index in [1.54, 1.807) is 36.4 Å². The first-order valence-electron chi connectivity index (χ1n) is 18.7. The summed E-state index contributed by atoms with van der Waals surface area (Å²) in [6.45, 7) is 3.19. The molecule has 0 radical (unpaired) electrons. The summed E-state index contributed by atoms with van der Waals surface area (Å²) in [5.41, 5.74) is 3.13. The second-order valence-electron chi connectivity index (χ2n) is 13.2. The monoisotopic (exact) mass is 867 g/mol. The standard InChI is InChI=1S/C39H41N13O7S2/c1-51-19-21-52(22-20-51)39-49-37(42-29-10-6-3-7-11-29)48-38(50-39)44-31-17-15-27(33(25-31)59-61(56)57)13-12-26-14-16-30(24-32(26)58-60(54)55)43-36-46-34(40-18-23-53)45-35(47-36)41-28-8-4-2-5-9-28/h2-17,24-25,53H,18-23H2,1H3,(H,54,55)(H,56,57)(H2,42,44,48,49,50)(H3,40,41,43,45,46,47)/b13-12+. The number of para-hydroxylation sites is 2. The summed E-state index contributed by atoms with van der Waals surface area (Å²) in [5.74, 6) is 1.61. The SMILES string of the molecule is CN1CCN(c2nc(Nc3ccccc3)nc(Nc3ccc(/C=C/c4ccc(Nc5nc(NCCO)nc(Nc6ccccc6)n5)cc4OS(=O)O)c(OS(=O)O)c3)n2)CC1. The number of nitrogens with zero attached hydrogens (tertiary/aromatic N) is 8. The summed E-state index contributed by atoms with van der Waals surface area (Å²) in [7, 11) is 2.06. The van der Waals surface area contributed by atoms with Crippen LogP contribution in [0.15, 0.2) is 97.1 Å². The zero-order valence-corrected chi connectivity index (χ0v) is 34.1. The van der Waals surface area contributed by atoms with E-state index in [4.69, 9.17) is 13.4 Å². The Morgan fingerprint density at radius 3 is 1.46 bits per heavy atom. The van der Waals surface area contributed by atoms with Crippen molar-refractivity contribution >= 4 is 93.3 Å². The van der Waals surface area contributed by atoms with Gasteiger partial charge in [-0.15, -0.1) is 0 Å². The molecule has 0 bridgehead atoms. The Balaban J connectivity index is 1.13. The maximum atomic E-state index is 11.9. The first kappa shape index (κ1) is 42.3. The number of hydrogen-bond acceptors (Lipinski definition) is 18. The van der Waals surface area contributed by atoms with Gasteiger partial charge in [-0.25, -0.2) is 0 Å². The molecular formula is C39H41N13O7S2. The first-order chi connectivity index (χ1) is 29.6. The van der Waals surface area contributed by atoms with Gasteiger partial charge in [0, 0.05) is 78.7 Å². The zero-order chi connectivity index (χ0) is 42.6. The lowest BCUT2D eigenvalue weighted by Gasteiger charge is -2.32. The van der Waals surface area contributed by atoms with Gasteiger partial charge in [0.05, 0.1) is 6.61 Å². The van der Waals surface area contributed by atoms with Crippen molar-refractivity contribution in [2.45, 2.75) is 0 Å². The number of hydrogen-bond donors (Lipinski definition) is 8. The van der Waals surface area contributed by atoms with Crippen molar-refractivity contribution in [2.24, 2.45) is 0 Å². The van der Waals surface area contributed by atoms with Crippen LogP contribution in [0.25, 0.3) is 12.2 Å². The lowest BCUT2D eigenvalue weighted by molar-refractivity contribution is 0.311. The van der Waals surface area contributed by atoms with Crippen molar-refractivity contribution in [1.82, 2.24) is 34.8 Å². The lowest BCUT2D eigenvalue weighted by Crippen LogP contribution is -2.45. The molecule has 8 N–H and O–H groups in total. The fraction of sp³-hybridized carbons (Fsp3) is 0.179. The molecule has 0 saturated carbocycles. The molecule has 1 aliphatic rings. The van der Waals surface area contributed by atoms with E-state index in [2.05, 4.69) is 68.4 Å². The first-order valence-corrected chi connectivity index (χ1v) is 20.8. The van der Waals surface area contributed by atoms with Crippen molar-refractivity contribution in [3.63, 3.8) is 0 Å². The Morgan fingerprint density at radius 1 is 0.590 bits per heavy atom.